The molecule has 1 saturated carbocycles. The Bertz CT molecular complexity index is 982. The molecule has 2 N–H and O–H groups in total. The van der Waals surface area contributed by atoms with Crippen LogP contribution in [0.1, 0.15) is 24.8 Å². The summed E-state index contributed by atoms with van der Waals surface area (Å²) >= 11 is 4.26. The maximum absolute atomic E-state index is 10.6. The first kappa shape index (κ1) is 17.3. The van der Waals surface area contributed by atoms with Crippen LogP contribution in [0.2, 0.25) is 0 Å². The fourth-order valence-corrected chi connectivity index (χ4v) is 5.33. The second-order valence-electron chi connectivity index (χ2n) is 5.91. The molecule has 4 rings (SSSR count). The van der Waals surface area contributed by atoms with Crippen molar-refractivity contribution in [2.24, 2.45) is 0 Å². The van der Waals surface area contributed by atoms with Crippen LogP contribution in [0.25, 0.3) is 15.8 Å². The van der Waals surface area contributed by atoms with Crippen LogP contribution in [0, 0.1) is 11.3 Å². The van der Waals surface area contributed by atoms with Gasteiger partial charge < -0.3 is 10.4 Å². The first-order valence-corrected chi connectivity index (χ1v) is 10.6. The van der Waals surface area contributed by atoms with Crippen LogP contribution in [-0.2, 0) is 0 Å². The van der Waals surface area contributed by atoms with Crippen LogP contribution in [0.5, 0.6) is 0 Å². The molecule has 26 heavy (non-hydrogen) atoms. The number of aliphatic hydroxyl groups is 1. The number of aliphatic hydroxyl groups excluding tert-OH is 1. The molecule has 9 heteroatoms. The summed E-state index contributed by atoms with van der Waals surface area (Å²) in [4.78, 5) is 4.47. The van der Waals surface area contributed by atoms with Crippen molar-refractivity contribution in [2.45, 2.75) is 35.4 Å². The van der Waals surface area contributed by atoms with Crippen molar-refractivity contribution in [3.63, 3.8) is 0 Å². The fraction of sp³-hybridized carbons (Fsp3) is 0.294. The number of nitrogens with zero attached hydrogens (tertiary/aromatic N) is 4. The van der Waals surface area contributed by atoms with Crippen LogP contribution >= 0.6 is 34.4 Å². The molecule has 0 amide bonds. The third-order valence-electron chi connectivity index (χ3n) is 3.85. The molecule has 1 atom stereocenters. The van der Waals surface area contributed by atoms with Crippen molar-refractivity contribution >= 4 is 55.4 Å². The number of para-hydroxylation sites is 1. The van der Waals surface area contributed by atoms with Gasteiger partial charge in [-0.1, -0.05) is 35.2 Å². The summed E-state index contributed by atoms with van der Waals surface area (Å²) in [6, 6.07) is 10.3. The van der Waals surface area contributed by atoms with Crippen molar-refractivity contribution < 1.29 is 5.11 Å². The zero-order chi connectivity index (χ0) is 18.1. The standard InChI is InChI=1S/C17H15N5OS3/c1-9(24-17-22-21-16(26-17)19-10-6-7-10)14(23)11(8-18)15-20-12-4-2-3-5-13(12)25-15/h2-5,9-10,23H,6-7H2,1H3,(H,19,21)/b14-11-. The Morgan fingerprint density at radius 1 is 1.35 bits per heavy atom. The van der Waals surface area contributed by atoms with Gasteiger partial charge in [-0.3, -0.25) is 0 Å². The van der Waals surface area contributed by atoms with Crippen LogP contribution in [0.15, 0.2) is 34.4 Å². The minimum Gasteiger partial charge on any atom is -0.510 e. The van der Waals surface area contributed by atoms with Crippen LogP contribution in [0.4, 0.5) is 5.13 Å². The Kier molecular flexibility index (Phi) is 4.80. The maximum atomic E-state index is 10.6. The summed E-state index contributed by atoms with van der Waals surface area (Å²) in [7, 11) is 0. The molecular formula is C17H15N5OS3. The predicted molar refractivity (Wildman–Crippen MR) is 107 cm³/mol. The van der Waals surface area contributed by atoms with Gasteiger partial charge in [-0.25, -0.2) is 4.98 Å². The van der Waals surface area contributed by atoms with E-state index in [1.165, 1.54) is 47.3 Å². The van der Waals surface area contributed by atoms with Gasteiger partial charge in [0.25, 0.3) is 0 Å². The lowest BCUT2D eigenvalue weighted by molar-refractivity contribution is 0.402. The number of rotatable bonds is 6. The van der Waals surface area contributed by atoms with Crippen molar-refractivity contribution in [1.29, 1.82) is 5.26 Å². The lowest BCUT2D eigenvalue weighted by Gasteiger charge is -2.09. The number of hydrogen-bond donors (Lipinski definition) is 2. The number of benzene rings is 1. The van der Waals surface area contributed by atoms with Gasteiger partial charge in [-0.05, 0) is 31.9 Å². The molecule has 0 aliphatic heterocycles. The Labute approximate surface area is 162 Å². The van der Waals surface area contributed by atoms with Crippen LogP contribution in [-0.4, -0.2) is 31.6 Å². The summed E-state index contributed by atoms with van der Waals surface area (Å²) < 4.78 is 1.75. The third-order valence-corrected chi connectivity index (χ3v) is 6.95. The molecule has 3 aromatic rings. The van der Waals surface area contributed by atoms with Crippen LogP contribution < -0.4 is 5.32 Å². The van der Waals surface area contributed by atoms with E-state index in [1.54, 1.807) is 0 Å². The Morgan fingerprint density at radius 3 is 2.88 bits per heavy atom. The van der Waals surface area contributed by atoms with Crippen molar-refractivity contribution in [2.75, 3.05) is 5.32 Å². The number of thioether (sulfide) groups is 1. The van der Waals surface area contributed by atoms with E-state index in [9.17, 15) is 10.4 Å². The SMILES string of the molecule is CC(Sc1nnc(NC2CC2)s1)/C(O)=C(\C#N)c1nc2ccccc2s1. The first-order valence-electron chi connectivity index (χ1n) is 8.10. The minimum atomic E-state index is -0.321. The van der Waals surface area contributed by atoms with E-state index in [4.69, 9.17) is 0 Å². The van der Waals surface area contributed by atoms with Crippen LogP contribution in [0.3, 0.4) is 0 Å². The highest BCUT2D eigenvalue weighted by atomic mass is 32.2. The van der Waals surface area contributed by atoms with Gasteiger partial charge in [0.1, 0.15) is 22.4 Å². The molecule has 1 unspecified atom stereocenters. The Morgan fingerprint density at radius 2 is 2.15 bits per heavy atom. The second-order valence-corrected chi connectivity index (χ2v) is 9.51. The lowest BCUT2D eigenvalue weighted by Crippen LogP contribution is -2.03. The maximum Gasteiger partial charge on any atom is 0.206 e. The summed E-state index contributed by atoms with van der Waals surface area (Å²) in [5, 5.41) is 32.8. The number of fused-ring (bicyclic) bond motifs is 1. The minimum absolute atomic E-state index is 0.0171. The van der Waals surface area contributed by atoms with E-state index in [-0.39, 0.29) is 16.6 Å². The fourth-order valence-electron chi connectivity index (χ4n) is 2.32. The summed E-state index contributed by atoms with van der Waals surface area (Å²) in [5.74, 6) is 0.0171. The molecule has 132 valence electrons. The quantitative estimate of drug-likeness (QED) is 0.351. The van der Waals surface area contributed by atoms with Gasteiger partial charge in [0, 0.05) is 6.04 Å². The first-order chi connectivity index (χ1) is 12.6. The zero-order valence-electron chi connectivity index (χ0n) is 13.8. The number of aromatic nitrogens is 3. The molecule has 1 aliphatic rings. The number of anilines is 1. The molecule has 0 saturated heterocycles. The molecule has 1 aliphatic carbocycles. The summed E-state index contributed by atoms with van der Waals surface area (Å²) in [6.07, 6.45) is 2.35. The molecule has 0 bridgehead atoms. The molecule has 2 heterocycles. The van der Waals surface area contributed by atoms with Gasteiger partial charge in [0.2, 0.25) is 5.13 Å². The van der Waals surface area contributed by atoms with Gasteiger partial charge >= 0.3 is 0 Å². The number of nitriles is 1. The smallest absolute Gasteiger partial charge is 0.206 e. The largest absolute Gasteiger partial charge is 0.510 e. The molecule has 0 radical (unpaired) electrons. The molecule has 2 aromatic heterocycles. The molecular weight excluding hydrogens is 386 g/mol. The predicted octanol–water partition coefficient (Wildman–Crippen LogP) is 4.70. The van der Waals surface area contributed by atoms with E-state index in [0.29, 0.717) is 11.0 Å². The van der Waals surface area contributed by atoms with E-state index >= 15 is 0 Å². The monoisotopic (exact) mass is 401 g/mol. The highest BCUT2D eigenvalue weighted by molar-refractivity contribution is 8.01. The van der Waals surface area contributed by atoms with Crippen molar-refractivity contribution in [3.05, 3.63) is 35.0 Å². The topological polar surface area (TPSA) is 94.7 Å². The van der Waals surface area contributed by atoms with Gasteiger partial charge in [0.15, 0.2) is 4.34 Å². The summed E-state index contributed by atoms with van der Waals surface area (Å²) in [6.45, 7) is 1.85. The Hall–Kier alpha value is -2.15. The van der Waals surface area contributed by atoms with Crippen molar-refractivity contribution in [1.82, 2.24) is 15.2 Å². The summed E-state index contributed by atoms with van der Waals surface area (Å²) in [5.41, 5.74) is 1.04. The van der Waals surface area contributed by atoms with Gasteiger partial charge in [-0.2, -0.15) is 5.26 Å². The number of nitrogens with one attached hydrogen (secondary N) is 1. The Balaban J connectivity index is 1.55. The van der Waals surface area contributed by atoms with E-state index in [2.05, 4.69) is 26.6 Å². The van der Waals surface area contributed by atoms with E-state index in [0.717, 1.165) is 19.7 Å². The zero-order valence-corrected chi connectivity index (χ0v) is 16.3. The molecule has 0 spiro atoms. The number of allylic oxidation sites excluding steroid dienone is 1. The van der Waals surface area contributed by atoms with E-state index < -0.39 is 0 Å². The average Bonchev–Trinajstić information content (AvgIpc) is 3.17. The van der Waals surface area contributed by atoms with E-state index in [1.807, 2.05) is 31.2 Å². The number of thiazole rings is 1. The second kappa shape index (κ2) is 7.23. The van der Waals surface area contributed by atoms with Gasteiger partial charge in [0.05, 0.1) is 15.5 Å². The van der Waals surface area contributed by atoms with Crippen molar-refractivity contribution in [3.8, 4) is 6.07 Å². The molecule has 6 nitrogen and oxygen atoms in total. The highest BCUT2D eigenvalue weighted by Gasteiger charge is 2.24. The van der Waals surface area contributed by atoms with Gasteiger partial charge in [-0.15, -0.1) is 21.5 Å². The third kappa shape index (κ3) is 3.67. The average molecular weight is 402 g/mol. The normalized spacial score (nSPS) is 16.2. The highest BCUT2D eigenvalue weighted by Crippen LogP contribution is 2.36. The number of hydrogen-bond acceptors (Lipinski definition) is 9. The molecule has 1 aromatic carbocycles. The lowest BCUT2D eigenvalue weighted by atomic mass is 10.2. The molecule has 1 fully saturated rings.